The number of hydrogen-bond acceptors (Lipinski definition) is 8. The summed E-state index contributed by atoms with van der Waals surface area (Å²) >= 11 is 6.58. The van der Waals surface area contributed by atoms with Crippen molar-refractivity contribution in [3.63, 3.8) is 0 Å². The molecule has 19 heteroatoms. The molecule has 0 saturated carbocycles. The van der Waals surface area contributed by atoms with E-state index in [0.717, 1.165) is 23.1 Å². The molecule has 290 valence electrons. The Balaban J connectivity index is 1.53. The number of anilines is 1. The number of nitrogens with zero attached hydrogens (tertiary/aromatic N) is 5. The average molecular weight is 806 g/mol. The van der Waals surface area contributed by atoms with Crippen LogP contribution in [0.2, 0.25) is 5.02 Å². The van der Waals surface area contributed by atoms with Crippen LogP contribution < -0.4 is 10.0 Å². The molecule has 1 aliphatic rings. The summed E-state index contributed by atoms with van der Waals surface area (Å²) in [5, 5.41) is 21.5. The van der Waals surface area contributed by atoms with Crippen LogP contribution in [-0.2, 0) is 58.8 Å². The fourth-order valence-electron chi connectivity index (χ4n) is 6.31. The number of amides is 1. The van der Waals surface area contributed by atoms with Crippen molar-refractivity contribution in [1.29, 1.82) is 0 Å². The van der Waals surface area contributed by atoms with Gasteiger partial charge in [0.05, 0.1) is 52.8 Å². The molecule has 6 rings (SSSR count). The number of aromatic nitrogens is 5. The lowest BCUT2D eigenvalue weighted by molar-refractivity contribution is -0.142. The van der Waals surface area contributed by atoms with Crippen LogP contribution in [0.1, 0.15) is 53.8 Å². The number of alkyl halides is 3. The zero-order valence-corrected chi connectivity index (χ0v) is 31.2. The van der Waals surface area contributed by atoms with Crippen LogP contribution in [0.15, 0.2) is 42.5 Å². The van der Waals surface area contributed by atoms with Crippen molar-refractivity contribution in [2.75, 3.05) is 17.6 Å². The SMILES string of the molecule is Cn1nc(NS(C)(=O)=O)c2c(Cl)ccc(-c3ccc(C#CC(C)(C)O)nc3C(Cc3cc(F)cc(F)c3)NC(=O)Cn3nc(C(F)(F)F)c4c3COCC4)c21. The normalized spacial score (nSPS) is 13.9. The molecule has 3 N–H and O–H groups in total. The zero-order chi connectivity index (χ0) is 40.0. The van der Waals surface area contributed by atoms with E-state index in [9.17, 15) is 40.3 Å². The van der Waals surface area contributed by atoms with Crippen molar-refractivity contribution in [1.82, 2.24) is 29.9 Å². The van der Waals surface area contributed by atoms with Gasteiger partial charge in [-0.25, -0.2) is 22.2 Å². The van der Waals surface area contributed by atoms with Gasteiger partial charge in [-0.05, 0) is 68.5 Å². The van der Waals surface area contributed by atoms with E-state index in [1.807, 2.05) is 0 Å². The number of nitrogens with one attached hydrogen (secondary N) is 2. The quantitative estimate of drug-likeness (QED) is 0.131. The minimum atomic E-state index is -4.79. The van der Waals surface area contributed by atoms with E-state index in [-0.39, 0.29) is 70.5 Å². The number of aliphatic hydroxyl groups is 1. The van der Waals surface area contributed by atoms with Gasteiger partial charge in [-0.1, -0.05) is 23.6 Å². The van der Waals surface area contributed by atoms with Crippen molar-refractivity contribution in [3.05, 3.63) is 93.0 Å². The Labute approximate surface area is 316 Å². The molecule has 1 unspecified atom stereocenters. The van der Waals surface area contributed by atoms with Crippen LogP contribution in [0.25, 0.3) is 22.0 Å². The van der Waals surface area contributed by atoms with Crippen LogP contribution in [0.3, 0.4) is 0 Å². The van der Waals surface area contributed by atoms with Gasteiger partial charge in [-0.3, -0.25) is 18.9 Å². The molecule has 0 fully saturated rings. The molecular formula is C36H33ClF5N7O5S. The fraction of sp³-hybridized carbons (Fsp3) is 0.333. The average Bonchev–Trinajstić information content (AvgIpc) is 3.60. The van der Waals surface area contributed by atoms with E-state index in [4.69, 9.17) is 21.3 Å². The first-order valence-corrected chi connectivity index (χ1v) is 18.8. The maximum atomic E-state index is 14.5. The van der Waals surface area contributed by atoms with Gasteiger partial charge in [0, 0.05) is 29.8 Å². The molecule has 0 saturated heterocycles. The highest BCUT2D eigenvalue weighted by Crippen LogP contribution is 2.40. The van der Waals surface area contributed by atoms with E-state index < -0.39 is 57.6 Å². The molecule has 0 bridgehead atoms. The third kappa shape index (κ3) is 9.07. The minimum Gasteiger partial charge on any atom is -0.378 e. The summed E-state index contributed by atoms with van der Waals surface area (Å²) < 4.78 is 105. The number of hydrogen-bond donors (Lipinski definition) is 3. The second-order valence-corrected chi connectivity index (χ2v) is 15.6. The van der Waals surface area contributed by atoms with Crippen LogP contribution in [0.5, 0.6) is 0 Å². The lowest BCUT2D eigenvalue weighted by atomic mass is 9.93. The van der Waals surface area contributed by atoms with E-state index in [0.29, 0.717) is 22.7 Å². The summed E-state index contributed by atoms with van der Waals surface area (Å²) in [5.41, 5.74) is -1.22. The molecule has 1 amide bonds. The number of carbonyl (C=O) groups excluding carboxylic acids is 1. The predicted molar refractivity (Wildman–Crippen MR) is 192 cm³/mol. The second kappa shape index (κ2) is 14.9. The van der Waals surface area contributed by atoms with Crippen molar-refractivity contribution < 1.29 is 45.0 Å². The highest BCUT2D eigenvalue weighted by atomic mass is 35.5. The molecule has 55 heavy (non-hydrogen) atoms. The second-order valence-electron chi connectivity index (χ2n) is 13.4. The molecule has 12 nitrogen and oxygen atoms in total. The molecule has 0 radical (unpaired) electrons. The van der Waals surface area contributed by atoms with Crippen molar-refractivity contribution in [2.24, 2.45) is 7.05 Å². The number of carbonyl (C=O) groups is 1. The van der Waals surface area contributed by atoms with Gasteiger partial charge in [0.1, 0.15) is 29.5 Å². The number of ether oxygens (including phenoxy) is 1. The standard InChI is InChI=1S/C36H33ClF5N7O5S/c1-35(2,51)11-9-22-5-6-23(24-7-8-26(37)30-32(24)48(3)46-34(30)47-55(4,52)53)31(43-22)27(15-19-13-20(38)16-21(39)14-19)44-29(50)17-49-28-18-54-12-10-25(28)33(45-49)36(40,41)42/h5-8,13-14,16,27,51H,10,12,15,17-18H2,1-4H3,(H,44,50)(H,46,47). The predicted octanol–water partition coefficient (Wildman–Crippen LogP) is 5.45. The van der Waals surface area contributed by atoms with Gasteiger partial charge in [-0.15, -0.1) is 0 Å². The molecule has 0 aliphatic carbocycles. The van der Waals surface area contributed by atoms with Crippen molar-refractivity contribution >= 4 is 44.3 Å². The smallest absolute Gasteiger partial charge is 0.378 e. The monoisotopic (exact) mass is 805 g/mol. The van der Waals surface area contributed by atoms with E-state index in [1.54, 1.807) is 19.2 Å². The highest BCUT2D eigenvalue weighted by Gasteiger charge is 2.40. The molecule has 3 aromatic heterocycles. The van der Waals surface area contributed by atoms with Crippen LogP contribution in [-0.4, -0.2) is 62.4 Å². The van der Waals surface area contributed by atoms with Gasteiger partial charge >= 0.3 is 6.18 Å². The van der Waals surface area contributed by atoms with Crippen LogP contribution in [0, 0.1) is 23.5 Å². The van der Waals surface area contributed by atoms with Gasteiger partial charge < -0.3 is 15.2 Å². The number of benzene rings is 2. The Morgan fingerprint density at radius 2 is 1.78 bits per heavy atom. The van der Waals surface area contributed by atoms with Gasteiger partial charge in [-0.2, -0.15) is 23.4 Å². The van der Waals surface area contributed by atoms with Crippen LogP contribution in [0.4, 0.5) is 27.8 Å². The summed E-state index contributed by atoms with van der Waals surface area (Å²) in [6, 6.07) is 7.78. The summed E-state index contributed by atoms with van der Waals surface area (Å²) in [6.45, 7) is 2.06. The van der Waals surface area contributed by atoms with Gasteiger partial charge in [0.25, 0.3) is 0 Å². The van der Waals surface area contributed by atoms with E-state index in [1.165, 1.54) is 30.7 Å². The largest absolute Gasteiger partial charge is 0.435 e. The maximum Gasteiger partial charge on any atom is 0.435 e. The van der Waals surface area contributed by atoms with Crippen molar-refractivity contribution in [2.45, 2.75) is 57.7 Å². The first-order valence-electron chi connectivity index (χ1n) is 16.5. The van der Waals surface area contributed by atoms with E-state index >= 15 is 0 Å². The Kier molecular flexibility index (Phi) is 10.7. The third-order valence-electron chi connectivity index (χ3n) is 8.42. The first kappa shape index (κ1) is 39.6. The number of pyridine rings is 1. The number of aryl methyl sites for hydroxylation is 1. The van der Waals surface area contributed by atoms with Crippen LogP contribution >= 0.6 is 11.6 Å². The molecule has 1 atom stereocenters. The Morgan fingerprint density at radius 1 is 1.09 bits per heavy atom. The zero-order valence-electron chi connectivity index (χ0n) is 29.6. The summed E-state index contributed by atoms with van der Waals surface area (Å²) in [7, 11) is -2.26. The van der Waals surface area contributed by atoms with Gasteiger partial charge in [0.2, 0.25) is 15.9 Å². The number of fused-ring (bicyclic) bond motifs is 2. The Bertz CT molecular complexity index is 2480. The first-order chi connectivity index (χ1) is 25.7. The van der Waals surface area contributed by atoms with Crippen molar-refractivity contribution in [3.8, 4) is 23.0 Å². The molecule has 0 spiro atoms. The number of sulfonamides is 1. The molecule has 5 aromatic rings. The molecule has 1 aliphatic heterocycles. The maximum absolute atomic E-state index is 14.5. The van der Waals surface area contributed by atoms with E-state index in [2.05, 4.69) is 32.1 Å². The Morgan fingerprint density at radius 3 is 2.44 bits per heavy atom. The Hall–Kier alpha value is -5.09. The summed E-state index contributed by atoms with van der Waals surface area (Å²) in [5.74, 6) is 2.74. The summed E-state index contributed by atoms with van der Waals surface area (Å²) in [6.07, 6.45) is -4.18. The number of halogens is 6. The lowest BCUT2D eigenvalue weighted by Crippen LogP contribution is -2.34. The molecular weight excluding hydrogens is 773 g/mol. The minimum absolute atomic E-state index is 0.0435. The van der Waals surface area contributed by atoms with Gasteiger partial charge in [0.15, 0.2) is 11.5 Å². The lowest BCUT2D eigenvalue weighted by Gasteiger charge is -2.23. The highest BCUT2D eigenvalue weighted by molar-refractivity contribution is 7.92. The fourth-order valence-corrected chi connectivity index (χ4v) is 7.05. The number of rotatable bonds is 9. The third-order valence-corrected chi connectivity index (χ3v) is 9.30. The topological polar surface area (TPSA) is 153 Å². The molecule has 4 heterocycles. The molecule has 2 aromatic carbocycles. The summed E-state index contributed by atoms with van der Waals surface area (Å²) in [4.78, 5) is 18.6.